The molecule has 178 valence electrons. The van der Waals surface area contributed by atoms with E-state index in [-0.39, 0.29) is 36.8 Å². The molecule has 3 aliphatic carbocycles. The van der Waals surface area contributed by atoms with Crippen molar-refractivity contribution in [3.8, 4) is 11.1 Å². The van der Waals surface area contributed by atoms with Crippen LogP contribution in [0.15, 0.2) is 48.5 Å². The number of nitrogens with one attached hydrogen (secondary N) is 2. The van der Waals surface area contributed by atoms with Crippen molar-refractivity contribution in [1.29, 1.82) is 0 Å². The number of ether oxygens (including phenoxy) is 1. The van der Waals surface area contributed by atoms with Crippen LogP contribution in [0.4, 0.5) is 4.79 Å². The third-order valence-corrected chi connectivity index (χ3v) is 7.68. The number of amides is 2. The largest absolute Gasteiger partial charge is 0.480 e. The normalized spacial score (nSPS) is 22.2. The van der Waals surface area contributed by atoms with E-state index in [2.05, 4.69) is 34.9 Å². The minimum atomic E-state index is -1.07. The molecule has 2 atom stereocenters. The highest BCUT2D eigenvalue weighted by molar-refractivity contribution is 5.88. The van der Waals surface area contributed by atoms with Crippen LogP contribution in [0.3, 0.4) is 0 Å². The van der Waals surface area contributed by atoms with Crippen LogP contribution in [0, 0.1) is 5.92 Å². The lowest BCUT2D eigenvalue weighted by molar-refractivity contribution is -0.151. The Morgan fingerprint density at radius 2 is 1.62 bits per heavy atom. The second-order valence-electron chi connectivity index (χ2n) is 9.84. The maximum absolute atomic E-state index is 12.5. The Labute approximate surface area is 198 Å². The number of hydrogen-bond donors (Lipinski definition) is 3. The minimum absolute atomic E-state index is 0.0197. The van der Waals surface area contributed by atoms with Crippen molar-refractivity contribution in [2.75, 3.05) is 6.61 Å². The molecule has 0 unspecified atom stereocenters. The van der Waals surface area contributed by atoms with Gasteiger partial charge in [-0.25, -0.2) is 9.59 Å². The lowest BCUT2D eigenvalue weighted by atomic mass is 9.76. The first-order valence-corrected chi connectivity index (χ1v) is 12.1. The molecule has 2 aromatic rings. The van der Waals surface area contributed by atoms with Crippen molar-refractivity contribution in [1.82, 2.24) is 10.6 Å². The average molecular weight is 463 g/mol. The van der Waals surface area contributed by atoms with Crippen LogP contribution in [0.25, 0.3) is 11.1 Å². The third kappa shape index (κ3) is 4.27. The zero-order valence-electron chi connectivity index (χ0n) is 19.1. The summed E-state index contributed by atoms with van der Waals surface area (Å²) >= 11 is 0. The van der Waals surface area contributed by atoms with E-state index in [0.717, 1.165) is 19.3 Å². The Morgan fingerprint density at radius 1 is 0.971 bits per heavy atom. The van der Waals surface area contributed by atoms with Crippen LogP contribution >= 0.6 is 0 Å². The fourth-order valence-corrected chi connectivity index (χ4v) is 5.70. The molecule has 7 heteroatoms. The van der Waals surface area contributed by atoms with Gasteiger partial charge < -0.3 is 20.5 Å². The molecule has 0 aromatic heterocycles. The molecule has 2 aromatic carbocycles. The predicted molar refractivity (Wildman–Crippen MR) is 126 cm³/mol. The number of aliphatic carboxylic acids is 1. The van der Waals surface area contributed by atoms with Crippen LogP contribution in [-0.4, -0.2) is 41.3 Å². The van der Waals surface area contributed by atoms with E-state index < -0.39 is 17.6 Å². The molecule has 0 saturated heterocycles. The third-order valence-electron chi connectivity index (χ3n) is 7.68. The van der Waals surface area contributed by atoms with E-state index >= 15 is 0 Å². The van der Waals surface area contributed by atoms with Crippen molar-refractivity contribution in [2.45, 2.75) is 62.4 Å². The maximum Gasteiger partial charge on any atom is 0.407 e. The van der Waals surface area contributed by atoms with Crippen molar-refractivity contribution in [3.05, 3.63) is 59.7 Å². The standard InChI is InChI=1S/C27H30N2O5/c30-24(29-27(25(31)32)12-5-13-27)15-17-10-11-18(14-17)28-26(33)34-16-23-21-8-3-1-6-19(21)20-7-2-4-9-22(20)23/h1-4,6-9,17-18,23H,5,10-16H2,(H,28,33)(H,29,30)(H,31,32)/t17-,18+/m0/s1. The van der Waals surface area contributed by atoms with Gasteiger partial charge >= 0.3 is 12.1 Å². The number of hydrogen-bond acceptors (Lipinski definition) is 4. The van der Waals surface area contributed by atoms with Crippen molar-refractivity contribution < 1.29 is 24.2 Å². The molecule has 0 radical (unpaired) electrons. The topological polar surface area (TPSA) is 105 Å². The summed E-state index contributed by atoms with van der Waals surface area (Å²) < 4.78 is 5.64. The quantitative estimate of drug-likeness (QED) is 0.572. The molecule has 0 bridgehead atoms. The Hall–Kier alpha value is -3.35. The number of benzene rings is 2. The molecule has 5 rings (SSSR count). The first-order valence-electron chi connectivity index (χ1n) is 12.1. The van der Waals surface area contributed by atoms with E-state index in [1.54, 1.807) is 0 Å². The highest BCUT2D eigenvalue weighted by Crippen LogP contribution is 2.44. The van der Waals surface area contributed by atoms with Crippen LogP contribution in [-0.2, 0) is 14.3 Å². The molecule has 2 amide bonds. The van der Waals surface area contributed by atoms with E-state index in [9.17, 15) is 19.5 Å². The summed E-state index contributed by atoms with van der Waals surface area (Å²) in [5, 5.41) is 15.1. The lowest BCUT2D eigenvalue weighted by Gasteiger charge is -2.38. The van der Waals surface area contributed by atoms with Gasteiger partial charge in [0.15, 0.2) is 0 Å². The molecule has 34 heavy (non-hydrogen) atoms. The first-order chi connectivity index (χ1) is 16.4. The Balaban J connectivity index is 1.10. The van der Waals surface area contributed by atoms with Gasteiger partial charge in [-0.3, -0.25) is 4.79 Å². The minimum Gasteiger partial charge on any atom is -0.480 e. The molecule has 7 nitrogen and oxygen atoms in total. The fraction of sp³-hybridized carbons (Fsp3) is 0.444. The van der Waals surface area contributed by atoms with Gasteiger partial charge in [-0.15, -0.1) is 0 Å². The molecule has 3 aliphatic rings. The van der Waals surface area contributed by atoms with E-state index in [1.807, 2.05) is 24.3 Å². The van der Waals surface area contributed by atoms with Gasteiger partial charge in [-0.2, -0.15) is 0 Å². The van der Waals surface area contributed by atoms with Gasteiger partial charge in [0.25, 0.3) is 0 Å². The van der Waals surface area contributed by atoms with Crippen molar-refractivity contribution >= 4 is 18.0 Å². The van der Waals surface area contributed by atoms with Crippen molar-refractivity contribution in [2.24, 2.45) is 5.92 Å². The number of carbonyl (C=O) groups excluding carboxylic acids is 2. The Morgan fingerprint density at radius 3 is 2.21 bits per heavy atom. The van der Waals surface area contributed by atoms with Gasteiger partial charge in [0.2, 0.25) is 5.91 Å². The number of rotatable bonds is 7. The van der Waals surface area contributed by atoms with Crippen LogP contribution in [0.1, 0.15) is 62.0 Å². The molecule has 2 fully saturated rings. The zero-order valence-corrected chi connectivity index (χ0v) is 19.1. The summed E-state index contributed by atoms with van der Waals surface area (Å²) in [4.78, 5) is 36.4. The number of carboxylic acids is 1. The zero-order chi connectivity index (χ0) is 23.7. The average Bonchev–Trinajstić information content (AvgIpc) is 3.36. The van der Waals surface area contributed by atoms with Gasteiger partial charge in [-0.05, 0) is 66.7 Å². The highest BCUT2D eigenvalue weighted by atomic mass is 16.5. The highest BCUT2D eigenvalue weighted by Gasteiger charge is 2.46. The number of alkyl carbamates (subject to hydrolysis) is 1. The monoisotopic (exact) mass is 462 g/mol. The van der Waals surface area contributed by atoms with E-state index in [4.69, 9.17) is 4.74 Å². The lowest BCUT2D eigenvalue weighted by Crippen LogP contribution is -2.59. The summed E-state index contributed by atoms with van der Waals surface area (Å²) in [6.45, 7) is 0.273. The summed E-state index contributed by atoms with van der Waals surface area (Å²) in [7, 11) is 0. The first kappa shape index (κ1) is 22.4. The molecule has 0 heterocycles. The van der Waals surface area contributed by atoms with Gasteiger partial charge in [0.1, 0.15) is 12.1 Å². The molecule has 0 aliphatic heterocycles. The second-order valence-corrected chi connectivity index (χ2v) is 9.84. The summed E-state index contributed by atoms with van der Waals surface area (Å²) in [5.74, 6) is -1.02. The van der Waals surface area contributed by atoms with Gasteiger partial charge in [0.05, 0.1) is 0 Å². The smallest absolute Gasteiger partial charge is 0.407 e. The Kier molecular flexibility index (Phi) is 6.02. The summed E-state index contributed by atoms with van der Waals surface area (Å²) in [5.41, 5.74) is 3.66. The molecule has 0 spiro atoms. The number of carbonyl (C=O) groups is 3. The van der Waals surface area contributed by atoms with E-state index in [0.29, 0.717) is 19.3 Å². The van der Waals surface area contributed by atoms with Crippen LogP contribution < -0.4 is 10.6 Å². The molecule has 3 N–H and O–H groups in total. The Bertz CT molecular complexity index is 1060. The molecular weight excluding hydrogens is 432 g/mol. The van der Waals surface area contributed by atoms with Gasteiger partial charge in [-0.1, -0.05) is 48.5 Å². The number of fused-ring (bicyclic) bond motifs is 3. The van der Waals surface area contributed by atoms with Crippen LogP contribution in [0.5, 0.6) is 0 Å². The fourth-order valence-electron chi connectivity index (χ4n) is 5.70. The SMILES string of the molecule is O=C(C[C@H]1CC[C@@H](NC(=O)OCC2c3ccccc3-c3ccccc32)C1)NC1(C(=O)O)CCC1. The van der Waals surface area contributed by atoms with Crippen LogP contribution in [0.2, 0.25) is 0 Å². The van der Waals surface area contributed by atoms with E-state index in [1.165, 1.54) is 22.3 Å². The summed E-state index contributed by atoms with van der Waals surface area (Å²) in [6, 6.07) is 16.4. The van der Waals surface area contributed by atoms with Gasteiger partial charge in [0, 0.05) is 18.4 Å². The maximum atomic E-state index is 12.5. The molecule has 2 saturated carbocycles. The second kappa shape index (κ2) is 9.12. The van der Waals surface area contributed by atoms with Crippen molar-refractivity contribution in [3.63, 3.8) is 0 Å². The predicted octanol–water partition coefficient (Wildman–Crippen LogP) is 4.21. The number of carboxylic acid groups (broad SMARTS) is 1. The summed E-state index contributed by atoms with van der Waals surface area (Å²) in [6.07, 6.45) is 3.96. The molecular formula is C27H30N2O5.